The van der Waals surface area contributed by atoms with Gasteiger partial charge >= 0.3 is 6.03 Å². The molecule has 144 valence electrons. The molecular weight excluding hydrogens is 342 g/mol. The van der Waals surface area contributed by atoms with Crippen molar-refractivity contribution in [3.05, 3.63) is 41.9 Å². The van der Waals surface area contributed by atoms with Crippen LogP contribution >= 0.6 is 0 Å². The molecule has 1 atom stereocenters. The first-order valence-electron chi connectivity index (χ1n) is 9.24. The number of anilines is 2. The fraction of sp³-hybridized carbons (Fsp3) is 0.450. The summed E-state index contributed by atoms with van der Waals surface area (Å²) >= 11 is 0. The molecule has 1 aliphatic heterocycles. The van der Waals surface area contributed by atoms with E-state index in [0.717, 1.165) is 37.2 Å². The van der Waals surface area contributed by atoms with Gasteiger partial charge in [-0.1, -0.05) is 13.0 Å². The molecule has 1 saturated heterocycles. The summed E-state index contributed by atoms with van der Waals surface area (Å²) in [6.45, 7) is 8.65. The van der Waals surface area contributed by atoms with Crippen LogP contribution in [0, 0.1) is 19.3 Å². The molecule has 7 nitrogen and oxygen atoms in total. The predicted molar refractivity (Wildman–Crippen MR) is 106 cm³/mol. The molecule has 0 saturated carbocycles. The topological polar surface area (TPSA) is 88.2 Å². The fourth-order valence-corrected chi connectivity index (χ4v) is 3.09. The number of amides is 2. The van der Waals surface area contributed by atoms with E-state index in [1.54, 1.807) is 6.20 Å². The lowest BCUT2D eigenvalue weighted by Crippen LogP contribution is -2.41. The van der Waals surface area contributed by atoms with Gasteiger partial charge in [-0.3, -0.25) is 10.3 Å². The normalized spacial score (nSPS) is 19.4. The maximum atomic E-state index is 12.3. The lowest BCUT2D eigenvalue weighted by Gasteiger charge is -2.34. The first-order valence-corrected chi connectivity index (χ1v) is 9.24. The summed E-state index contributed by atoms with van der Waals surface area (Å²) in [5.41, 5.74) is 2.57. The molecule has 0 aliphatic carbocycles. The summed E-state index contributed by atoms with van der Waals surface area (Å²) in [5.74, 6) is 1.06. The molecule has 1 aliphatic rings. The molecule has 0 bridgehead atoms. The smallest absolute Gasteiger partial charge is 0.324 e. The summed E-state index contributed by atoms with van der Waals surface area (Å²) in [5, 5.41) is 8.97. The minimum atomic E-state index is -0.380. The maximum absolute atomic E-state index is 12.3. The van der Waals surface area contributed by atoms with E-state index < -0.39 is 0 Å². The van der Waals surface area contributed by atoms with E-state index in [2.05, 4.69) is 32.8 Å². The molecule has 2 aromatic rings. The molecule has 2 heterocycles. The van der Waals surface area contributed by atoms with Gasteiger partial charge in [-0.2, -0.15) is 0 Å². The van der Waals surface area contributed by atoms with Crippen molar-refractivity contribution in [2.24, 2.45) is 5.41 Å². The van der Waals surface area contributed by atoms with Crippen molar-refractivity contribution in [1.29, 1.82) is 0 Å². The minimum Gasteiger partial charge on any atom is -0.491 e. The van der Waals surface area contributed by atoms with E-state index in [1.165, 1.54) is 6.20 Å². The molecule has 0 unspecified atom stereocenters. The number of hydrogen-bond acceptors (Lipinski definition) is 5. The zero-order valence-electron chi connectivity index (χ0n) is 16.1. The summed E-state index contributed by atoms with van der Waals surface area (Å²) in [6.07, 6.45) is 5.41. The fourth-order valence-electron chi connectivity index (χ4n) is 3.09. The average molecular weight is 369 g/mol. The van der Waals surface area contributed by atoms with Gasteiger partial charge < -0.3 is 15.4 Å². The predicted octanol–water partition coefficient (Wildman–Crippen LogP) is 3.51. The molecule has 3 N–H and O–H groups in total. The molecule has 1 aromatic carbocycles. The number of ether oxygens (including phenoxy) is 1. The molecule has 0 spiro atoms. The highest BCUT2D eigenvalue weighted by Crippen LogP contribution is 2.30. The van der Waals surface area contributed by atoms with Gasteiger partial charge in [0.05, 0.1) is 30.4 Å². The van der Waals surface area contributed by atoms with Gasteiger partial charge in [-0.15, -0.1) is 0 Å². The van der Waals surface area contributed by atoms with Gasteiger partial charge in [-0.25, -0.2) is 9.78 Å². The second-order valence-corrected chi connectivity index (χ2v) is 7.50. The van der Waals surface area contributed by atoms with Crippen molar-refractivity contribution in [3.8, 4) is 5.75 Å². The summed E-state index contributed by atoms with van der Waals surface area (Å²) in [7, 11) is 0. The van der Waals surface area contributed by atoms with Gasteiger partial charge in [0, 0.05) is 12.0 Å². The third kappa shape index (κ3) is 5.40. The van der Waals surface area contributed by atoms with Gasteiger partial charge in [0.15, 0.2) is 5.82 Å². The van der Waals surface area contributed by atoms with Gasteiger partial charge in [0.25, 0.3) is 0 Å². The van der Waals surface area contributed by atoms with Crippen molar-refractivity contribution >= 4 is 17.5 Å². The Morgan fingerprint density at radius 2 is 2.11 bits per heavy atom. The molecule has 3 rings (SSSR count). The monoisotopic (exact) mass is 369 g/mol. The Morgan fingerprint density at radius 1 is 1.26 bits per heavy atom. The second-order valence-electron chi connectivity index (χ2n) is 7.50. The number of nitrogens with zero attached hydrogens (tertiary/aromatic N) is 2. The Bertz CT molecular complexity index is 785. The molecule has 27 heavy (non-hydrogen) atoms. The van der Waals surface area contributed by atoms with Crippen LogP contribution in [-0.2, 0) is 0 Å². The number of nitrogens with one attached hydrogen (secondary N) is 3. The van der Waals surface area contributed by atoms with Gasteiger partial charge in [-0.05, 0) is 50.9 Å². The van der Waals surface area contributed by atoms with Gasteiger partial charge in [0.2, 0.25) is 0 Å². The van der Waals surface area contributed by atoms with Crippen molar-refractivity contribution in [2.75, 3.05) is 30.3 Å². The van der Waals surface area contributed by atoms with Crippen LogP contribution in [0.4, 0.5) is 16.3 Å². The maximum Gasteiger partial charge on any atom is 0.324 e. The molecule has 2 amide bonds. The van der Waals surface area contributed by atoms with E-state index in [9.17, 15) is 4.79 Å². The Labute approximate surface area is 159 Å². The lowest BCUT2D eigenvalue weighted by molar-refractivity contribution is 0.129. The Hall–Kier alpha value is -2.67. The second kappa shape index (κ2) is 8.35. The number of benzene rings is 1. The van der Waals surface area contributed by atoms with E-state index >= 15 is 0 Å². The van der Waals surface area contributed by atoms with Crippen molar-refractivity contribution in [1.82, 2.24) is 15.3 Å². The first-order chi connectivity index (χ1) is 12.9. The Balaban J connectivity index is 1.66. The number of carbonyl (C=O) groups is 1. The molecule has 1 fully saturated rings. The van der Waals surface area contributed by atoms with Crippen molar-refractivity contribution in [2.45, 2.75) is 33.6 Å². The molecule has 7 heteroatoms. The number of aryl methyl sites for hydroxylation is 2. The quantitative estimate of drug-likeness (QED) is 0.751. The van der Waals surface area contributed by atoms with Gasteiger partial charge in [0.1, 0.15) is 5.75 Å². The van der Waals surface area contributed by atoms with Crippen LogP contribution in [0.3, 0.4) is 0 Å². The van der Waals surface area contributed by atoms with Crippen LogP contribution in [0.25, 0.3) is 0 Å². The highest BCUT2D eigenvalue weighted by Gasteiger charge is 2.28. The van der Waals surface area contributed by atoms with Crippen LogP contribution in [0.1, 0.15) is 31.0 Å². The van der Waals surface area contributed by atoms with E-state index in [0.29, 0.717) is 23.9 Å². The van der Waals surface area contributed by atoms with Crippen molar-refractivity contribution in [3.63, 3.8) is 0 Å². The number of urea groups is 1. The first kappa shape index (κ1) is 19.1. The zero-order valence-corrected chi connectivity index (χ0v) is 16.1. The van der Waals surface area contributed by atoms with Crippen LogP contribution < -0.4 is 20.7 Å². The standard InChI is InChI=1S/C20H27N5O2/c1-14-5-6-17(27-13-20(3)7-4-8-21-12-20)16(9-14)24-19(26)25-18-11-22-15(2)10-23-18/h5-6,9-11,21H,4,7-8,12-13H2,1-3H3,(H2,23,24,25,26)/t20-/m0/s1. The molecule has 0 radical (unpaired) electrons. The highest BCUT2D eigenvalue weighted by atomic mass is 16.5. The number of piperidine rings is 1. The average Bonchev–Trinajstić information content (AvgIpc) is 2.63. The number of aromatic nitrogens is 2. The van der Waals surface area contributed by atoms with Crippen LogP contribution in [0.15, 0.2) is 30.6 Å². The lowest BCUT2D eigenvalue weighted by atomic mass is 9.84. The highest BCUT2D eigenvalue weighted by molar-refractivity contribution is 6.00. The molecular formula is C20H27N5O2. The van der Waals surface area contributed by atoms with Crippen LogP contribution in [0.2, 0.25) is 0 Å². The summed E-state index contributed by atoms with van der Waals surface area (Å²) in [4.78, 5) is 20.6. The third-order valence-corrected chi connectivity index (χ3v) is 4.67. The van der Waals surface area contributed by atoms with E-state index in [-0.39, 0.29) is 11.4 Å². The summed E-state index contributed by atoms with van der Waals surface area (Å²) in [6, 6.07) is 5.40. The van der Waals surface area contributed by atoms with E-state index in [4.69, 9.17) is 4.74 Å². The number of carbonyl (C=O) groups excluding carboxylic acids is 1. The van der Waals surface area contributed by atoms with E-state index in [1.807, 2.05) is 32.0 Å². The van der Waals surface area contributed by atoms with Crippen LogP contribution in [0.5, 0.6) is 5.75 Å². The minimum absolute atomic E-state index is 0.0974. The number of hydrogen-bond donors (Lipinski definition) is 3. The summed E-state index contributed by atoms with van der Waals surface area (Å²) < 4.78 is 6.09. The Kier molecular flexibility index (Phi) is 5.91. The van der Waals surface area contributed by atoms with Crippen molar-refractivity contribution < 1.29 is 9.53 Å². The largest absolute Gasteiger partial charge is 0.491 e. The SMILES string of the molecule is Cc1ccc(OC[C@@]2(C)CCCNC2)c(NC(=O)Nc2cnc(C)cn2)c1. The molecule has 1 aromatic heterocycles. The Morgan fingerprint density at radius 3 is 2.81 bits per heavy atom. The number of rotatable bonds is 5. The zero-order chi connectivity index (χ0) is 19.3. The van der Waals surface area contributed by atoms with Crippen LogP contribution in [-0.4, -0.2) is 35.7 Å². The third-order valence-electron chi connectivity index (χ3n) is 4.67.